The number of carbonyl (C=O) groups excluding carboxylic acids is 1. The second-order valence-electron chi connectivity index (χ2n) is 5.22. The van der Waals surface area contributed by atoms with E-state index in [1.165, 1.54) is 24.3 Å². The lowest BCUT2D eigenvalue weighted by Gasteiger charge is -2.10. The molecule has 0 aliphatic rings. The summed E-state index contributed by atoms with van der Waals surface area (Å²) in [6.45, 7) is 2.09. The van der Waals surface area contributed by atoms with Crippen LogP contribution in [0.1, 0.15) is 34.2 Å². The highest BCUT2D eigenvalue weighted by Gasteiger charge is 2.15. The molecule has 2 aromatic heterocycles. The van der Waals surface area contributed by atoms with Gasteiger partial charge in [0.25, 0.3) is 5.91 Å². The zero-order valence-corrected chi connectivity index (χ0v) is 13.8. The third-order valence-corrected chi connectivity index (χ3v) is 4.45. The zero-order valence-electron chi connectivity index (χ0n) is 13.0. The second-order valence-corrected chi connectivity index (χ2v) is 6.20. The first-order valence-corrected chi connectivity index (χ1v) is 8.31. The van der Waals surface area contributed by atoms with Crippen LogP contribution in [0.4, 0.5) is 4.39 Å². The lowest BCUT2D eigenvalue weighted by molar-refractivity contribution is 0.0908. The standard InChI is InChI=1S/C18H16FNO3S/c1-12(17-3-2-10-24-17)20-18(21)16-9-8-15(23-16)11-22-14-6-4-13(19)5-7-14/h2-10,12H,11H2,1H3,(H,20,21). The third kappa shape index (κ3) is 4.02. The number of ether oxygens (including phenoxy) is 1. The Bertz CT molecular complexity index is 796. The van der Waals surface area contributed by atoms with Crippen LogP contribution in [0, 0.1) is 5.82 Å². The molecule has 24 heavy (non-hydrogen) atoms. The van der Waals surface area contributed by atoms with Crippen molar-refractivity contribution in [2.75, 3.05) is 0 Å². The number of nitrogens with one attached hydrogen (secondary N) is 1. The van der Waals surface area contributed by atoms with E-state index in [1.807, 2.05) is 24.4 Å². The molecule has 3 aromatic rings. The molecule has 0 bridgehead atoms. The Morgan fingerprint density at radius 2 is 2.04 bits per heavy atom. The van der Waals surface area contributed by atoms with E-state index in [0.29, 0.717) is 11.5 Å². The number of benzene rings is 1. The fourth-order valence-electron chi connectivity index (χ4n) is 2.14. The highest BCUT2D eigenvalue weighted by atomic mass is 32.1. The minimum absolute atomic E-state index is 0.0819. The van der Waals surface area contributed by atoms with Gasteiger partial charge in [0.15, 0.2) is 5.76 Å². The van der Waals surface area contributed by atoms with E-state index in [0.717, 1.165) is 4.88 Å². The molecule has 0 aliphatic carbocycles. The first-order chi connectivity index (χ1) is 11.6. The van der Waals surface area contributed by atoms with Gasteiger partial charge in [0, 0.05) is 4.88 Å². The number of furan rings is 1. The molecule has 1 atom stereocenters. The quantitative estimate of drug-likeness (QED) is 0.713. The smallest absolute Gasteiger partial charge is 0.287 e. The predicted octanol–water partition coefficient (Wildman–Crippen LogP) is 4.55. The van der Waals surface area contributed by atoms with E-state index in [2.05, 4.69) is 5.32 Å². The van der Waals surface area contributed by atoms with E-state index >= 15 is 0 Å². The van der Waals surface area contributed by atoms with Gasteiger partial charge >= 0.3 is 0 Å². The van der Waals surface area contributed by atoms with Crippen molar-refractivity contribution in [3.63, 3.8) is 0 Å². The summed E-state index contributed by atoms with van der Waals surface area (Å²) in [5.74, 6) is 0.692. The lowest BCUT2D eigenvalue weighted by atomic mass is 10.2. The van der Waals surface area contributed by atoms with Crippen LogP contribution in [-0.2, 0) is 6.61 Å². The molecule has 4 nitrogen and oxygen atoms in total. The van der Waals surface area contributed by atoms with Crippen LogP contribution in [0.5, 0.6) is 5.75 Å². The Morgan fingerprint density at radius 3 is 2.75 bits per heavy atom. The molecule has 0 fully saturated rings. The van der Waals surface area contributed by atoms with Crippen molar-refractivity contribution in [1.82, 2.24) is 5.32 Å². The van der Waals surface area contributed by atoms with Gasteiger partial charge in [0.1, 0.15) is 23.9 Å². The molecule has 1 amide bonds. The first kappa shape index (κ1) is 16.3. The monoisotopic (exact) mass is 345 g/mol. The topological polar surface area (TPSA) is 51.5 Å². The predicted molar refractivity (Wildman–Crippen MR) is 89.6 cm³/mol. The van der Waals surface area contributed by atoms with E-state index in [9.17, 15) is 9.18 Å². The molecule has 0 saturated heterocycles. The molecule has 1 unspecified atom stereocenters. The highest BCUT2D eigenvalue weighted by molar-refractivity contribution is 7.10. The van der Waals surface area contributed by atoms with Crippen LogP contribution >= 0.6 is 11.3 Å². The summed E-state index contributed by atoms with van der Waals surface area (Å²) in [6.07, 6.45) is 0. The molecule has 0 spiro atoms. The summed E-state index contributed by atoms with van der Waals surface area (Å²) in [6, 6.07) is 12.9. The molecule has 3 rings (SSSR count). The molecule has 1 aromatic carbocycles. The number of hydrogen-bond acceptors (Lipinski definition) is 4. The summed E-state index contributed by atoms with van der Waals surface area (Å²) in [5.41, 5.74) is 0. The normalized spacial score (nSPS) is 11.9. The molecule has 124 valence electrons. The SMILES string of the molecule is CC(NC(=O)c1ccc(COc2ccc(F)cc2)o1)c1cccs1. The second kappa shape index (κ2) is 7.31. The number of thiophene rings is 1. The number of amides is 1. The molecular weight excluding hydrogens is 329 g/mol. The Hall–Kier alpha value is -2.60. The zero-order chi connectivity index (χ0) is 16.9. The van der Waals surface area contributed by atoms with Gasteiger partial charge in [-0.15, -0.1) is 11.3 Å². The van der Waals surface area contributed by atoms with Gasteiger partial charge in [0.05, 0.1) is 6.04 Å². The van der Waals surface area contributed by atoms with E-state index < -0.39 is 0 Å². The van der Waals surface area contributed by atoms with Gasteiger partial charge in [0.2, 0.25) is 0 Å². The fraction of sp³-hybridized carbons (Fsp3) is 0.167. The molecular formula is C18H16FNO3S. The number of halogens is 1. The minimum Gasteiger partial charge on any atom is -0.486 e. The molecule has 0 radical (unpaired) electrons. The van der Waals surface area contributed by atoms with Crippen LogP contribution in [-0.4, -0.2) is 5.91 Å². The minimum atomic E-state index is -0.320. The molecule has 0 aliphatic heterocycles. The summed E-state index contributed by atoms with van der Waals surface area (Å²) in [5, 5.41) is 4.86. The summed E-state index contributed by atoms with van der Waals surface area (Å²) >= 11 is 1.59. The van der Waals surface area contributed by atoms with Gasteiger partial charge in [-0.25, -0.2) is 4.39 Å². The number of rotatable bonds is 6. The van der Waals surface area contributed by atoms with Gasteiger partial charge in [-0.1, -0.05) is 6.07 Å². The Labute approximate surface area is 142 Å². The average molecular weight is 345 g/mol. The largest absolute Gasteiger partial charge is 0.486 e. The van der Waals surface area contributed by atoms with Gasteiger partial charge < -0.3 is 14.5 Å². The number of hydrogen-bond donors (Lipinski definition) is 1. The third-order valence-electron chi connectivity index (χ3n) is 3.40. The Kier molecular flexibility index (Phi) is 4.96. The maximum atomic E-state index is 12.8. The average Bonchev–Trinajstić information content (AvgIpc) is 3.26. The van der Waals surface area contributed by atoms with Crippen LogP contribution in [0.25, 0.3) is 0 Å². The van der Waals surface area contributed by atoms with Gasteiger partial charge in [-0.05, 0) is 54.8 Å². The fourth-order valence-corrected chi connectivity index (χ4v) is 2.87. The van der Waals surface area contributed by atoms with Crippen molar-refractivity contribution >= 4 is 17.2 Å². The highest BCUT2D eigenvalue weighted by Crippen LogP contribution is 2.19. The van der Waals surface area contributed by atoms with E-state index in [1.54, 1.807) is 23.5 Å². The van der Waals surface area contributed by atoms with Crippen molar-refractivity contribution in [1.29, 1.82) is 0 Å². The molecule has 0 saturated carbocycles. The summed E-state index contributed by atoms with van der Waals surface area (Å²) in [7, 11) is 0. The van der Waals surface area contributed by atoms with Crippen molar-refractivity contribution < 1.29 is 18.3 Å². The molecule has 6 heteroatoms. The maximum absolute atomic E-state index is 12.8. The van der Waals surface area contributed by atoms with E-state index in [4.69, 9.17) is 9.15 Å². The van der Waals surface area contributed by atoms with Crippen LogP contribution in [0.2, 0.25) is 0 Å². The van der Waals surface area contributed by atoms with Crippen LogP contribution in [0.3, 0.4) is 0 Å². The summed E-state index contributed by atoms with van der Waals surface area (Å²) in [4.78, 5) is 13.3. The van der Waals surface area contributed by atoms with Crippen LogP contribution in [0.15, 0.2) is 58.3 Å². The first-order valence-electron chi connectivity index (χ1n) is 7.43. The molecule has 2 heterocycles. The van der Waals surface area contributed by atoms with Crippen molar-refractivity contribution in [2.24, 2.45) is 0 Å². The summed E-state index contributed by atoms with van der Waals surface area (Å²) < 4.78 is 23.8. The lowest BCUT2D eigenvalue weighted by Crippen LogP contribution is -2.25. The van der Waals surface area contributed by atoms with Gasteiger partial charge in [-0.2, -0.15) is 0 Å². The van der Waals surface area contributed by atoms with Crippen molar-refractivity contribution in [2.45, 2.75) is 19.6 Å². The Morgan fingerprint density at radius 1 is 1.25 bits per heavy atom. The maximum Gasteiger partial charge on any atom is 0.287 e. The molecule has 1 N–H and O–H groups in total. The van der Waals surface area contributed by atoms with Crippen molar-refractivity contribution in [3.8, 4) is 5.75 Å². The van der Waals surface area contributed by atoms with Crippen molar-refractivity contribution in [3.05, 3.63) is 76.1 Å². The number of carbonyl (C=O) groups is 1. The van der Waals surface area contributed by atoms with Gasteiger partial charge in [-0.3, -0.25) is 4.79 Å². The Balaban J connectivity index is 1.56. The van der Waals surface area contributed by atoms with Crippen LogP contribution < -0.4 is 10.1 Å². The van der Waals surface area contributed by atoms with E-state index in [-0.39, 0.29) is 30.1 Å².